The van der Waals surface area contributed by atoms with Crippen LogP contribution in [0.15, 0.2) is 24.8 Å². The number of rotatable bonds is 2. The largest absolute Gasteiger partial charge is 0.275 e. The maximum absolute atomic E-state index is 4.32. The van der Waals surface area contributed by atoms with Crippen molar-refractivity contribution in [1.82, 2.24) is 19.7 Å². The van der Waals surface area contributed by atoms with Crippen molar-refractivity contribution >= 4 is 0 Å². The first kappa shape index (κ1) is 9.83. The normalized spacial score (nSPS) is 10.9. The first-order chi connectivity index (χ1) is 7.16. The average Bonchev–Trinajstić information content (AvgIpc) is 2.65. The molecule has 4 nitrogen and oxygen atoms in total. The second kappa shape index (κ2) is 3.81. The summed E-state index contributed by atoms with van der Waals surface area (Å²) in [6, 6.07) is 0. The number of aryl methyl sites for hydroxylation is 1. The summed E-state index contributed by atoms with van der Waals surface area (Å²) in [7, 11) is 1.90. The van der Waals surface area contributed by atoms with Crippen molar-refractivity contribution < 1.29 is 0 Å². The summed E-state index contributed by atoms with van der Waals surface area (Å²) in [4.78, 5) is 8.63. The minimum atomic E-state index is 0.368. The van der Waals surface area contributed by atoms with E-state index in [1.165, 1.54) is 0 Å². The Morgan fingerprint density at radius 3 is 2.20 bits per heavy atom. The molecule has 0 unspecified atom stereocenters. The molecule has 4 heteroatoms. The number of hydrogen-bond donors (Lipinski definition) is 0. The standard InChI is InChI=1S/C11H14N4/c1-8(2)11-12-4-9(5-13-11)10-6-14-15(3)7-10/h4-8H,1-3H3. The minimum Gasteiger partial charge on any atom is -0.275 e. The van der Waals surface area contributed by atoms with E-state index in [-0.39, 0.29) is 0 Å². The van der Waals surface area contributed by atoms with Crippen molar-refractivity contribution in [3.63, 3.8) is 0 Å². The highest BCUT2D eigenvalue weighted by atomic mass is 15.2. The van der Waals surface area contributed by atoms with Crippen molar-refractivity contribution in [2.24, 2.45) is 7.05 Å². The molecule has 0 bridgehead atoms. The second-order valence-electron chi connectivity index (χ2n) is 3.89. The predicted molar refractivity (Wildman–Crippen MR) is 58.3 cm³/mol. The minimum absolute atomic E-state index is 0.368. The van der Waals surface area contributed by atoms with Crippen LogP contribution >= 0.6 is 0 Å². The summed E-state index contributed by atoms with van der Waals surface area (Å²) < 4.78 is 1.77. The summed E-state index contributed by atoms with van der Waals surface area (Å²) in [6.45, 7) is 4.16. The molecular formula is C11H14N4. The highest BCUT2D eigenvalue weighted by molar-refractivity contribution is 5.59. The van der Waals surface area contributed by atoms with E-state index >= 15 is 0 Å². The Kier molecular flexibility index (Phi) is 2.49. The van der Waals surface area contributed by atoms with E-state index in [9.17, 15) is 0 Å². The summed E-state index contributed by atoms with van der Waals surface area (Å²) >= 11 is 0. The lowest BCUT2D eigenvalue weighted by Crippen LogP contribution is -1.96. The SMILES string of the molecule is CC(C)c1ncc(-c2cnn(C)c2)cn1. The van der Waals surface area contributed by atoms with Crippen molar-refractivity contribution in [3.8, 4) is 11.1 Å². The molecule has 0 atom stereocenters. The van der Waals surface area contributed by atoms with Crippen molar-refractivity contribution in [3.05, 3.63) is 30.6 Å². The number of aromatic nitrogens is 4. The maximum Gasteiger partial charge on any atom is 0.130 e. The van der Waals surface area contributed by atoms with E-state index in [1.54, 1.807) is 4.68 Å². The molecule has 0 amide bonds. The van der Waals surface area contributed by atoms with Gasteiger partial charge in [-0.15, -0.1) is 0 Å². The smallest absolute Gasteiger partial charge is 0.130 e. The lowest BCUT2D eigenvalue weighted by molar-refractivity contribution is 0.767. The summed E-state index contributed by atoms with van der Waals surface area (Å²) in [6.07, 6.45) is 7.46. The van der Waals surface area contributed by atoms with Crippen LogP contribution in [0.3, 0.4) is 0 Å². The van der Waals surface area contributed by atoms with Crippen LogP contribution in [0.4, 0.5) is 0 Å². The first-order valence-corrected chi connectivity index (χ1v) is 4.98. The molecule has 0 N–H and O–H groups in total. The van der Waals surface area contributed by atoms with Crippen molar-refractivity contribution in [1.29, 1.82) is 0 Å². The highest BCUT2D eigenvalue weighted by Crippen LogP contribution is 2.17. The fourth-order valence-corrected chi connectivity index (χ4v) is 1.36. The van der Waals surface area contributed by atoms with Gasteiger partial charge in [-0.2, -0.15) is 5.10 Å². The highest BCUT2D eigenvalue weighted by Gasteiger charge is 2.04. The van der Waals surface area contributed by atoms with Crippen molar-refractivity contribution in [2.75, 3.05) is 0 Å². The lowest BCUT2D eigenvalue weighted by atomic mass is 10.2. The zero-order valence-corrected chi connectivity index (χ0v) is 9.18. The van der Waals surface area contributed by atoms with Gasteiger partial charge < -0.3 is 0 Å². The molecule has 15 heavy (non-hydrogen) atoms. The van der Waals surface area contributed by atoms with Gasteiger partial charge in [-0.3, -0.25) is 4.68 Å². The third kappa shape index (κ3) is 2.03. The molecule has 2 aromatic rings. The van der Waals surface area contributed by atoms with Gasteiger partial charge in [0.05, 0.1) is 6.20 Å². The number of nitrogens with zero attached hydrogens (tertiary/aromatic N) is 4. The van der Waals surface area contributed by atoms with Gasteiger partial charge >= 0.3 is 0 Å². The Balaban J connectivity index is 2.31. The quantitative estimate of drug-likeness (QED) is 0.748. The zero-order valence-electron chi connectivity index (χ0n) is 9.18. The van der Waals surface area contributed by atoms with E-state index < -0.39 is 0 Å². The molecule has 2 heterocycles. The molecule has 0 aliphatic carbocycles. The van der Waals surface area contributed by atoms with Gasteiger partial charge in [0, 0.05) is 42.7 Å². The van der Waals surface area contributed by atoms with E-state index in [4.69, 9.17) is 0 Å². The van der Waals surface area contributed by atoms with Crippen LogP contribution in [0.1, 0.15) is 25.6 Å². The third-order valence-corrected chi connectivity index (χ3v) is 2.23. The molecule has 2 rings (SSSR count). The van der Waals surface area contributed by atoms with Gasteiger partial charge in [0.2, 0.25) is 0 Å². The maximum atomic E-state index is 4.32. The molecule has 2 aromatic heterocycles. The topological polar surface area (TPSA) is 43.6 Å². The van der Waals surface area contributed by atoms with E-state index in [2.05, 4.69) is 28.9 Å². The van der Waals surface area contributed by atoms with Crippen LogP contribution in [0.5, 0.6) is 0 Å². The van der Waals surface area contributed by atoms with Gasteiger partial charge in [0.25, 0.3) is 0 Å². The third-order valence-electron chi connectivity index (χ3n) is 2.23. The Labute approximate surface area is 89.0 Å². The molecule has 0 radical (unpaired) electrons. The van der Waals surface area contributed by atoms with Gasteiger partial charge in [0.15, 0.2) is 0 Å². The lowest BCUT2D eigenvalue weighted by Gasteiger charge is -2.02. The molecule has 0 aromatic carbocycles. The van der Waals surface area contributed by atoms with Crippen LogP contribution in [-0.4, -0.2) is 19.7 Å². The molecule has 78 valence electrons. The monoisotopic (exact) mass is 202 g/mol. The predicted octanol–water partition coefficient (Wildman–Crippen LogP) is 2.00. The van der Waals surface area contributed by atoms with Crippen molar-refractivity contribution in [2.45, 2.75) is 19.8 Å². The van der Waals surface area contributed by atoms with Crippen LogP contribution in [0, 0.1) is 0 Å². The fourth-order valence-electron chi connectivity index (χ4n) is 1.36. The molecule has 0 saturated heterocycles. The average molecular weight is 202 g/mol. The number of hydrogen-bond acceptors (Lipinski definition) is 3. The van der Waals surface area contributed by atoms with E-state index in [1.807, 2.05) is 31.8 Å². The molecule has 0 aliphatic rings. The molecule has 0 fully saturated rings. The Bertz CT molecular complexity index is 442. The Morgan fingerprint density at radius 2 is 1.73 bits per heavy atom. The van der Waals surface area contributed by atoms with E-state index in [0.717, 1.165) is 17.0 Å². The van der Waals surface area contributed by atoms with Crippen LogP contribution in [-0.2, 0) is 7.05 Å². The Morgan fingerprint density at radius 1 is 1.07 bits per heavy atom. The summed E-state index contributed by atoms with van der Waals surface area (Å²) in [5.74, 6) is 1.25. The molecule has 0 saturated carbocycles. The fraction of sp³-hybridized carbons (Fsp3) is 0.364. The molecular weight excluding hydrogens is 188 g/mol. The van der Waals surface area contributed by atoms with Gasteiger partial charge in [-0.25, -0.2) is 9.97 Å². The summed E-state index contributed by atoms with van der Waals surface area (Å²) in [5, 5.41) is 4.11. The van der Waals surface area contributed by atoms with Crippen LogP contribution in [0.2, 0.25) is 0 Å². The second-order valence-corrected chi connectivity index (χ2v) is 3.89. The summed E-state index contributed by atoms with van der Waals surface area (Å²) in [5.41, 5.74) is 2.06. The van der Waals surface area contributed by atoms with Gasteiger partial charge in [-0.05, 0) is 0 Å². The Hall–Kier alpha value is -1.71. The van der Waals surface area contributed by atoms with Gasteiger partial charge in [-0.1, -0.05) is 13.8 Å². The van der Waals surface area contributed by atoms with Crippen LogP contribution < -0.4 is 0 Å². The van der Waals surface area contributed by atoms with Gasteiger partial charge in [0.1, 0.15) is 5.82 Å². The van der Waals surface area contributed by atoms with Crippen LogP contribution in [0.25, 0.3) is 11.1 Å². The first-order valence-electron chi connectivity index (χ1n) is 4.98. The molecule has 0 aliphatic heterocycles. The molecule has 0 spiro atoms. The van der Waals surface area contributed by atoms with E-state index in [0.29, 0.717) is 5.92 Å². The zero-order chi connectivity index (χ0) is 10.8.